The molecule has 0 saturated heterocycles. The van der Waals surface area contributed by atoms with Crippen LogP contribution in [0, 0.1) is 5.82 Å². The summed E-state index contributed by atoms with van der Waals surface area (Å²) in [5, 5.41) is 2.12. The van der Waals surface area contributed by atoms with Crippen molar-refractivity contribution < 1.29 is 4.39 Å². The minimum atomic E-state index is -0.394. The summed E-state index contributed by atoms with van der Waals surface area (Å²) in [5.41, 5.74) is 8.55. The Morgan fingerprint density at radius 2 is 2.20 bits per heavy atom. The molecule has 0 aliphatic rings. The molecule has 2 heterocycles. The summed E-state index contributed by atoms with van der Waals surface area (Å²) in [6.45, 7) is 0. The van der Waals surface area contributed by atoms with E-state index < -0.39 is 5.82 Å². The second-order valence-electron chi connectivity index (χ2n) is 4.60. The summed E-state index contributed by atoms with van der Waals surface area (Å²) < 4.78 is 15.0. The Balaban J connectivity index is 1.88. The summed E-state index contributed by atoms with van der Waals surface area (Å²) in [5.74, 6) is -0.394. The van der Waals surface area contributed by atoms with E-state index in [0.717, 1.165) is 15.8 Å². The summed E-state index contributed by atoms with van der Waals surface area (Å²) in [6.07, 6.45) is 2.15. The van der Waals surface area contributed by atoms with E-state index in [1.54, 1.807) is 29.7 Å². The van der Waals surface area contributed by atoms with Gasteiger partial charge >= 0.3 is 0 Å². The number of halogens is 2. The first-order chi connectivity index (χ1) is 9.65. The number of rotatable bonds is 3. The van der Waals surface area contributed by atoms with Crippen LogP contribution in [0.5, 0.6) is 0 Å². The first kappa shape index (κ1) is 13.5. The van der Waals surface area contributed by atoms with Crippen LogP contribution < -0.4 is 5.73 Å². The smallest absolute Gasteiger partial charge is 0.145 e. The third-order valence-electron chi connectivity index (χ3n) is 3.22. The van der Waals surface area contributed by atoms with Crippen molar-refractivity contribution in [2.24, 2.45) is 5.73 Å². The number of thiophene rings is 1. The molecule has 2 aromatic heterocycles. The highest BCUT2D eigenvalue weighted by molar-refractivity contribution is 7.17. The van der Waals surface area contributed by atoms with Crippen LogP contribution in [0.2, 0.25) is 5.02 Å². The highest BCUT2D eigenvalue weighted by atomic mass is 35.5. The Kier molecular flexibility index (Phi) is 3.70. The number of nitrogens with zero attached hydrogens (tertiary/aromatic N) is 1. The number of nitrogens with two attached hydrogens (primary N) is 1. The van der Waals surface area contributed by atoms with Gasteiger partial charge in [0.1, 0.15) is 5.82 Å². The van der Waals surface area contributed by atoms with Crippen LogP contribution in [0.25, 0.3) is 10.2 Å². The first-order valence-electron chi connectivity index (χ1n) is 6.17. The zero-order valence-electron chi connectivity index (χ0n) is 10.5. The van der Waals surface area contributed by atoms with Gasteiger partial charge in [-0.05, 0) is 41.1 Å². The van der Waals surface area contributed by atoms with Gasteiger partial charge in [-0.2, -0.15) is 0 Å². The van der Waals surface area contributed by atoms with Crippen molar-refractivity contribution >= 4 is 33.2 Å². The molecule has 0 aliphatic heterocycles. The summed E-state index contributed by atoms with van der Waals surface area (Å²) >= 11 is 7.40. The monoisotopic (exact) mass is 306 g/mol. The molecule has 0 aliphatic carbocycles. The Bertz CT molecular complexity index is 756. The molecule has 0 amide bonds. The van der Waals surface area contributed by atoms with Gasteiger partial charge in [0.2, 0.25) is 0 Å². The molecule has 3 rings (SSSR count). The Labute approximate surface area is 125 Å². The van der Waals surface area contributed by atoms with Crippen molar-refractivity contribution in [3.63, 3.8) is 0 Å². The Morgan fingerprint density at radius 3 is 3.05 bits per heavy atom. The number of aromatic nitrogens is 1. The standard InChI is InChI=1S/C15H12ClFN2S/c16-11-3-1-2-9(15(11)17)6-12(18)10-7-14-13(19-8-10)4-5-20-14/h1-5,7-8,12H,6,18H2. The van der Waals surface area contributed by atoms with E-state index in [-0.39, 0.29) is 11.1 Å². The molecule has 0 spiro atoms. The maximum absolute atomic E-state index is 13.9. The fourth-order valence-electron chi connectivity index (χ4n) is 2.13. The third-order valence-corrected chi connectivity index (χ3v) is 4.37. The van der Waals surface area contributed by atoms with Gasteiger partial charge in [0.15, 0.2) is 0 Å². The molecule has 0 saturated carbocycles. The lowest BCUT2D eigenvalue weighted by atomic mass is 10.0. The third kappa shape index (κ3) is 2.54. The number of fused-ring (bicyclic) bond motifs is 1. The van der Waals surface area contributed by atoms with Crippen LogP contribution in [0.4, 0.5) is 4.39 Å². The van der Waals surface area contributed by atoms with Crippen LogP contribution in [0.15, 0.2) is 41.9 Å². The van der Waals surface area contributed by atoms with Crippen molar-refractivity contribution in [1.82, 2.24) is 4.98 Å². The van der Waals surface area contributed by atoms with E-state index in [2.05, 4.69) is 4.98 Å². The van der Waals surface area contributed by atoms with Gasteiger partial charge in [0.05, 0.1) is 15.2 Å². The molecular weight excluding hydrogens is 295 g/mol. The Morgan fingerprint density at radius 1 is 1.35 bits per heavy atom. The predicted molar refractivity (Wildman–Crippen MR) is 81.7 cm³/mol. The van der Waals surface area contributed by atoms with Crippen LogP contribution in [-0.2, 0) is 6.42 Å². The maximum Gasteiger partial charge on any atom is 0.145 e. The van der Waals surface area contributed by atoms with Crippen molar-refractivity contribution in [3.8, 4) is 0 Å². The molecule has 1 atom stereocenters. The number of pyridine rings is 1. The largest absolute Gasteiger partial charge is 0.324 e. The summed E-state index contributed by atoms with van der Waals surface area (Å²) in [4.78, 5) is 4.35. The zero-order valence-corrected chi connectivity index (χ0v) is 12.1. The molecule has 102 valence electrons. The molecule has 0 bridgehead atoms. The maximum atomic E-state index is 13.9. The highest BCUT2D eigenvalue weighted by Gasteiger charge is 2.13. The van der Waals surface area contributed by atoms with Gasteiger partial charge in [0.25, 0.3) is 0 Å². The average molecular weight is 307 g/mol. The molecule has 5 heteroatoms. The normalized spacial score (nSPS) is 12.8. The van der Waals surface area contributed by atoms with E-state index in [0.29, 0.717) is 12.0 Å². The molecular formula is C15H12ClFN2S. The molecule has 0 fully saturated rings. The highest BCUT2D eigenvalue weighted by Crippen LogP contribution is 2.25. The topological polar surface area (TPSA) is 38.9 Å². The Hall–Kier alpha value is -1.49. The van der Waals surface area contributed by atoms with Gasteiger partial charge in [-0.15, -0.1) is 11.3 Å². The molecule has 1 aromatic carbocycles. The quantitative estimate of drug-likeness (QED) is 0.782. The van der Waals surface area contributed by atoms with Gasteiger partial charge in [-0.1, -0.05) is 23.7 Å². The zero-order chi connectivity index (χ0) is 14.1. The molecule has 20 heavy (non-hydrogen) atoms. The summed E-state index contributed by atoms with van der Waals surface area (Å²) in [6, 6.07) is 8.64. The summed E-state index contributed by atoms with van der Waals surface area (Å²) in [7, 11) is 0. The van der Waals surface area contributed by atoms with E-state index in [1.807, 2.05) is 17.5 Å². The fraction of sp³-hybridized carbons (Fsp3) is 0.133. The number of hydrogen-bond donors (Lipinski definition) is 1. The van der Waals surface area contributed by atoms with E-state index in [1.165, 1.54) is 6.07 Å². The van der Waals surface area contributed by atoms with E-state index >= 15 is 0 Å². The second kappa shape index (κ2) is 5.48. The molecule has 0 radical (unpaired) electrons. The lowest BCUT2D eigenvalue weighted by Crippen LogP contribution is -2.14. The average Bonchev–Trinajstić information content (AvgIpc) is 2.91. The number of benzene rings is 1. The van der Waals surface area contributed by atoms with Crippen molar-refractivity contribution in [2.75, 3.05) is 0 Å². The molecule has 3 aromatic rings. The fourth-order valence-corrected chi connectivity index (χ4v) is 3.11. The van der Waals surface area contributed by atoms with Crippen molar-refractivity contribution in [1.29, 1.82) is 0 Å². The van der Waals surface area contributed by atoms with E-state index in [9.17, 15) is 4.39 Å². The van der Waals surface area contributed by atoms with Gasteiger partial charge in [-0.3, -0.25) is 4.98 Å². The minimum absolute atomic E-state index is 0.126. The van der Waals surface area contributed by atoms with Gasteiger partial charge in [-0.25, -0.2) is 4.39 Å². The molecule has 2 N–H and O–H groups in total. The second-order valence-corrected chi connectivity index (χ2v) is 5.95. The van der Waals surface area contributed by atoms with E-state index in [4.69, 9.17) is 17.3 Å². The van der Waals surface area contributed by atoms with Crippen LogP contribution in [0.3, 0.4) is 0 Å². The minimum Gasteiger partial charge on any atom is -0.324 e. The van der Waals surface area contributed by atoms with Gasteiger partial charge < -0.3 is 5.73 Å². The predicted octanol–water partition coefficient (Wildman–Crippen LogP) is 4.33. The lowest BCUT2D eigenvalue weighted by molar-refractivity contribution is 0.593. The molecule has 1 unspecified atom stereocenters. The van der Waals surface area contributed by atoms with Crippen molar-refractivity contribution in [2.45, 2.75) is 12.5 Å². The van der Waals surface area contributed by atoms with Crippen LogP contribution in [-0.4, -0.2) is 4.98 Å². The van der Waals surface area contributed by atoms with Gasteiger partial charge in [0, 0.05) is 12.2 Å². The van der Waals surface area contributed by atoms with Crippen LogP contribution >= 0.6 is 22.9 Å². The molecule has 2 nitrogen and oxygen atoms in total. The lowest BCUT2D eigenvalue weighted by Gasteiger charge is -2.13. The SMILES string of the molecule is NC(Cc1cccc(Cl)c1F)c1cnc2ccsc2c1. The van der Waals surface area contributed by atoms with Crippen molar-refractivity contribution in [3.05, 3.63) is 63.9 Å². The number of hydrogen-bond acceptors (Lipinski definition) is 3. The van der Waals surface area contributed by atoms with Crippen LogP contribution in [0.1, 0.15) is 17.2 Å². The first-order valence-corrected chi connectivity index (χ1v) is 7.42.